The van der Waals surface area contributed by atoms with Crippen LogP contribution in [0.5, 0.6) is 0 Å². The molecule has 0 radical (unpaired) electrons. The van der Waals surface area contributed by atoms with E-state index in [1.165, 1.54) is 6.92 Å². The zero-order chi connectivity index (χ0) is 9.23. The lowest BCUT2D eigenvalue weighted by Crippen LogP contribution is -2.11. The van der Waals surface area contributed by atoms with E-state index in [4.69, 9.17) is 9.47 Å². The van der Waals surface area contributed by atoms with Gasteiger partial charge in [-0.3, -0.25) is 4.79 Å². The van der Waals surface area contributed by atoms with Crippen LogP contribution < -0.4 is 0 Å². The topological polar surface area (TPSA) is 44.8 Å². The summed E-state index contributed by atoms with van der Waals surface area (Å²) in [5.41, 5.74) is 0. The van der Waals surface area contributed by atoms with Crippen LogP contribution in [0.25, 0.3) is 0 Å². The predicted octanol–water partition coefficient (Wildman–Crippen LogP) is 0.950. The first kappa shape index (κ1) is 11.4. The molecule has 0 bridgehead atoms. The van der Waals surface area contributed by atoms with Crippen molar-refractivity contribution in [1.29, 1.82) is 0 Å². The first-order valence-corrected chi connectivity index (χ1v) is 4.06. The molecular weight excluding hydrogens is 160 g/mol. The summed E-state index contributed by atoms with van der Waals surface area (Å²) < 4.78 is 14.1. The zero-order valence-corrected chi connectivity index (χ0v) is 7.67. The van der Waals surface area contributed by atoms with Crippen molar-refractivity contribution in [3.05, 3.63) is 0 Å². The molecule has 0 aliphatic carbocycles. The molecule has 0 amide bonds. The fourth-order valence-electron chi connectivity index (χ4n) is 0.643. The third kappa shape index (κ3) is 9.39. The quantitative estimate of drug-likeness (QED) is 0.558. The molecule has 0 N–H and O–H groups in total. The van der Waals surface area contributed by atoms with Gasteiger partial charge in [-0.1, -0.05) is 0 Å². The highest BCUT2D eigenvalue weighted by Crippen LogP contribution is 1.91. The highest BCUT2D eigenvalue weighted by atomic mass is 16.7. The minimum atomic E-state index is -0.211. The minimum absolute atomic E-state index is 0.211. The van der Waals surface area contributed by atoms with E-state index in [-0.39, 0.29) is 5.97 Å². The maximum absolute atomic E-state index is 9.82. The van der Waals surface area contributed by atoms with Crippen LogP contribution in [-0.4, -0.2) is 32.6 Å². The Bertz CT molecular complexity index is 98.1. The number of esters is 1. The average Bonchev–Trinajstić information content (AvgIpc) is 2.08. The molecule has 1 aliphatic rings. The molecule has 4 nitrogen and oxygen atoms in total. The van der Waals surface area contributed by atoms with E-state index in [0.717, 1.165) is 19.6 Å². The van der Waals surface area contributed by atoms with Crippen molar-refractivity contribution >= 4 is 5.97 Å². The second-order valence-electron chi connectivity index (χ2n) is 2.21. The second kappa shape index (κ2) is 8.49. The summed E-state index contributed by atoms with van der Waals surface area (Å²) in [5, 5.41) is 0. The van der Waals surface area contributed by atoms with E-state index in [9.17, 15) is 4.79 Å². The molecule has 0 aromatic rings. The third-order valence-electron chi connectivity index (χ3n) is 1.09. The van der Waals surface area contributed by atoms with Crippen molar-refractivity contribution in [1.82, 2.24) is 0 Å². The van der Waals surface area contributed by atoms with Crippen LogP contribution in [0.4, 0.5) is 0 Å². The van der Waals surface area contributed by atoms with E-state index in [1.807, 2.05) is 0 Å². The normalized spacial score (nSPS) is 15.8. The van der Waals surface area contributed by atoms with E-state index >= 15 is 0 Å². The Morgan fingerprint density at radius 2 is 2.00 bits per heavy atom. The van der Waals surface area contributed by atoms with Gasteiger partial charge in [-0.05, 0) is 13.3 Å². The SMILES string of the molecule is C1COCOC1.CCOC(C)=O. The van der Waals surface area contributed by atoms with Gasteiger partial charge in [-0.25, -0.2) is 0 Å². The van der Waals surface area contributed by atoms with Crippen LogP contribution in [0, 0.1) is 0 Å². The van der Waals surface area contributed by atoms with E-state index < -0.39 is 0 Å². The Labute approximate surface area is 72.8 Å². The maximum Gasteiger partial charge on any atom is 0.302 e. The highest BCUT2D eigenvalue weighted by Gasteiger charge is 1.94. The molecule has 0 unspecified atom stereocenters. The predicted molar refractivity (Wildman–Crippen MR) is 43.7 cm³/mol. The van der Waals surface area contributed by atoms with E-state index in [0.29, 0.717) is 13.4 Å². The highest BCUT2D eigenvalue weighted by molar-refractivity contribution is 5.65. The summed E-state index contributed by atoms with van der Waals surface area (Å²) in [4.78, 5) is 9.82. The number of ether oxygens (including phenoxy) is 3. The van der Waals surface area contributed by atoms with Gasteiger partial charge in [0, 0.05) is 6.92 Å². The summed E-state index contributed by atoms with van der Waals surface area (Å²) in [7, 11) is 0. The largest absolute Gasteiger partial charge is 0.466 e. The standard InChI is InChI=1S/2C4H8O2/c1-2-5-4-6-3-1;1-3-6-4(2)5/h1-4H2;3H2,1-2H3. The van der Waals surface area contributed by atoms with Gasteiger partial charge in [0.2, 0.25) is 0 Å². The molecule has 1 fully saturated rings. The molecule has 0 atom stereocenters. The van der Waals surface area contributed by atoms with E-state index in [1.54, 1.807) is 6.92 Å². The summed E-state index contributed by atoms with van der Waals surface area (Å²) in [6.07, 6.45) is 1.06. The molecule has 0 aromatic heterocycles. The Hall–Kier alpha value is -0.610. The van der Waals surface area contributed by atoms with Gasteiger partial charge in [-0.15, -0.1) is 0 Å². The van der Waals surface area contributed by atoms with Crippen LogP contribution in [0.2, 0.25) is 0 Å². The molecule has 0 aromatic carbocycles. The summed E-state index contributed by atoms with van der Waals surface area (Å²) in [6, 6.07) is 0. The van der Waals surface area contributed by atoms with Gasteiger partial charge in [0.05, 0.1) is 19.8 Å². The summed E-state index contributed by atoms with van der Waals surface area (Å²) in [6.45, 7) is 5.90. The number of carbonyl (C=O) groups is 1. The number of hydrogen-bond donors (Lipinski definition) is 0. The Morgan fingerprint density at radius 3 is 2.08 bits per heavy atom. The van der Waals surface area contributed by atoms with Crippen molar-refractivity contribution in [2.45, 2.75) is 20.3 Å². The summed E-state index contributed by atoms with van der Waals surface area (Å²) >= 11 is 0. The number of hydrogen-bond acceptors (Lipinski definition) is 4. The monoisotopic (exact) mass is 176 g/mol. The van der Waals surface area contributed by atoms with Crippen LogP contribution >= 0.6 is 0 Å². The van der Waals surface area contributed by atoms with Gasteiger partial charge in [0.25, 0.3) is 0 Å². The van der Waals surface area contributed by atoms with Crippen LogP contribution in [0.3, 0.4) is 0 Å². The van der Waals surface area contributed by atoms with Crippen LogP contribution in [0.1, 0.15) is 20.3 Å². The van der Waals surface area contributed by atoms with Crippen LogP contribution in [0.15, 0.2) is 0 Å². The molecular formula is C8H16O4. The van der Waals surface area contributed by atoms with Crippen molar-refractivity contribution in [3.8, 4) is 0 Å². The van der Waals surface area contributed by atoms with Crippen molar-refractivity contribution in [2.75, 3.05) is 26.6 Å². The zero-order valence-electron chi connectivity index (χ0n) is 7.67. The molecule has 1 aliphatic heterocycles. The van der Waals surface area contributed by atoms with Crippen molar-refractivity contribution in [2.24, 2.45) is 0 Å². The van der Waals surface area contributed by atoms with Gasteiger partial charge in [0.1, 0.15) is 6.79 Å². The molecule has 72 valence electrons. The average molecular weight is 176 g/mol. The van der Waals surface area contributed by atoms with Gasteiger partial charge >= 0.3 is 5.97 Å². The fourth-order valence-corrected chi connectivity index (χ4v) is 0.643. The molecule has 1 heterocycles. The van der Waals surface area contributed by atoms with Gasteiger partial charge in [0.15, 0.2) is 0 Å². The van der Waals surface area contributed by atoms with E-state index in [2.05, 4.69) is 4.74 Å². The Kier molecular flexibility index (Phi) is 8.05. The number of carbonyl (C=O) groups excluding carboxylic acids is 1. The molecule has 0 spiro atoms. The lowest BCUT2D eigenvalue weighted by atomic mass is 10.5. The Morgan fingerprint density at radius 1 is 1.42 bits per heavy atom. The summed E-state index contributed by atoms with van der Waals surface area (Å²) in [5.74, 6) is -0.211. The van der Waals surface area contributed by atoms with Gasteiger partial charge in [-0.2, -0.15) is 0 Å². The van der Waals surface area contributed by atoms with Crippen molar-refractivity contribution < 1.29 is 19.0 Å². The lowest BCUT2D eigenvalue weighted by molar-refractivity contribution is -0.140. The molecule has 4 heteroatoms. The smallest absolute Gasteiger partial charge is 0.302 e. The lowest BCUT2D eigenvalue weighted by Gasteiger charge is -2.09. The van der Waals surface area contributed by atoms with Gasteiger partial charge < -0.3 is 14.2 Å². The molecule has 1 rings (SSSR count). The first-order chi connectivity index (χ1) is 5.77. The van der Waals surface area contributed by atoms with Crippen LogP contribution in [-0.2, 0) is 19.0 Å². The second-order valence-corrected chi connectivity index (χ2v) is 2.21. The molecule has 0 saturated carbocycles. The molecule has 1 saturated heterocycles. The van der Waals surface area contributed by atoms with Crippen molar-refractivity contribution in [3.63, 3.8) is 0 Å². The number of rotatable bonds is 1. The molecule has 12 heavy (non-hydrogen) atoms. The fraction of sp³-hybridized carbons (Fsp3) is 0.875. The maximum atomic E-state index is 9.82. The minimum Gasteiger partial charge on any atom is -0.466 e. The third-order valence-corrected chi connectivity index (χ3v) is 1.09. The Balaban J connectivity index is 0.000000202. The first-order valence-electron chi connectivity index (χ1n) is 4.06.